The average molecular weight is 346 g/mol. The molecule has 2 heterocycles. The van der Waals surface area contributed by atoms with Crippen LogP contribution in [0.4, 0.5) is 0 Å². The molecule has 0 radical (unpaired) electrons. The van der Waals surface area contributed by atoms with Crippen LogP contribution in [0.5, 0.6) is 0 Å². The van der Waals surface area contributed by atoms with Crippen molar-refractivity contribution in [2.24, 2.45) is 18.9 Å². The lowest BCUT2D eigenvalue weighted by molar-refractivity contribution is 0.00578. The molecule has 1 aliphatic heterocycles. The van der Waals surface area contributed by atoms with Gasteiger partial charge in [-0.3, -0.25) is 14.6 Å². The van der Waals surface area contributed by atoms with Gasteiger partial charge in [-0.25, -0.2) is 0 Å². The van der Waals surface area contributed by atoms with E-state index in [1.807, 2.05) is 0 Å². The Morgan fingerprint density at radius 3 is 2.40 bits per heavy atom. The first-order valence-electron chi connectivity index (χ1n) is 9.06. The van der Waals surface area contributed by atoms with Crippen molar-refractivity contribution < 1.29 is 14.4 Å². The number of H-pyrrole nitrogens is 1. The third-order valence-electron chi connectivity index (χ3n) is 6.64. The molecule has 4 rings (SSSR count). The quantitative estimate of drug-likeness (QED) is 0.802. The molecule has 0 unspecified atom stereocenters. The van der Waals surface area contributed by atoms with Crippen molar-refractivity contribution in [3.8, 4) is 0 Å². The zero-order chi connectivity index (χ0) is 18.2. The standard InChI is InChI=1S/C18H27BN2O4/c1-16(2)17(3,4)25-19(24-16)13-6-11-9-18(23,10-12(11)7-13)14-8-15(22)20-21(14)5/h6,8,11-12,23H,7,9-10H2,1-5H3,(H,20,22)/t11-,12+,18+/m0/s1. The zero-order valence-corrected chi connectivity index (χ0v) is 15.6. The van der Waals surface area contributed by atoms with E-state index < -0.39 is 5.60 Å². The van der Waals surface area contributed by atoms with Crippen molar-refractivity contribution in [1.82, 2.24) is 9.78 Å². The number of aryl methyl sites for hydroxylation is 1. The normalized spacial score (nSPS) is 35.9. The summed E-state index contributed by atoms with van der Waals surface area (Å²) >= 11 is 0. The minimum Gasteiger partial charge on any atom is -0.400 e. The van der Waals surface area contributed by atoms with E-state index in [1.165, 1.54) is 11.5 Å². The summed E-state index contributed by atoms with van der Waals surface area (Å²) in [7, 11) is 1.48. The maximum Gasteiger partial charge on any atom is 0.490 e. The second-order valence-electron chi connectivity index (χ2n) is 8.96. The Morgan fingerprint density at radius 1 is 1.24 bits per heavy atom. The first-order valence-corrected chi connectivity index (χ1v) is 9.06. The number of hydrogen-bond acceptors (Lipinski definition) is 4. The molecule has 1 aromatic rings. The molecule has 0 bridgehead atoms. The number of aromatic amines is 1. The number of nitrogens with one attached hydrogen (secondary N) is 1. The molecule has 1 saturated carbocycles. The first kappa shape index (κ1) is 17.1. The number of nitrogens with zero attached hydrogens (tertiary/aromatic N) is 1. The van der Waals surface area contributed by atoms with Gasteiger partial charge < -0.3 is 14.4 Å². The predicted octanol–water partition coefficient (Wildman–Crippen LogP) is 1.89. The Labute approximate surface area is 148 Å². The fourth-order valence-corrected chi connectivity index (χ4v) is 4.59. The summed E-state index contributed by atoms with van der Waals surface area (Å²) < 4.78 is 14.0. The largest absolute Gasteiger partial charge is 0.490 e. The van der Waals surface area contributed by atoms with Crippen LogP contribution in [0.25, 0.3) is 0 Å². The first-order chi connectivity index (χ1) is 11.5. The Bertz CT molecular complexity index is 777. The summed E-state index contributed by atoms with van der Waals surface area (Å²) in [5.41, 5.74) is 0.0922. The summed E-state index contributed by atoms with van der Waals surface area (Å²) in [6.07, 6.45) is 4.39. The van der Waals surface area contributed by atoms with Gasteiger partial charge in [0.2, 0.25) is 0 Å². The molecule has 2 N–H and O–H groups in total. The Hall–Kier alpha value is -1.31. The van der Waals surface area contributed by atoms with Gasteiger partial charge in [0.05, 0.1) is 16.9 Å². The van der Waals surface area contributed by atoms with Crippen LogP contribution in [-0.2, 0) is 22.0 Å². The van der Waals surface area contributed by atoms with E-state index in [-0.39, 0.29) is 23.9 Å². The second kappa shape index (κ2) is 5.12. The van der Waals surface area contributed by atoms with Gasteiger partial charge >= 0.3 is 7.12 Å². The Balaban J connectivity index is 1.53. The van der Waals surface area contributed by atoms with Crippen LogP contribution in [0.15, 0.2) is 22.4 Å². The molecule has 2 fully saturated rings. The molecular weight excluding hydrogens is 319 g/mol. The second-order valence-corrected chi connectivity index (χ2v) is 8.96. The van der Waals surface area contributed by atoms with E-state index in [0.29, 0.717) is 30.4 Å². The van der Waals surface area contributed by atoms with Crippen LogP contribution < -0.4 is 5.56 Å². The molecule has 136 valence electrons. The number of hydrogen-bond donors (Lipinski definition) is 2. The summed E-state index contributed by atoms with van der Waals surface area (Å²) in [6.45, 7) is 8.26. The molecule has 1 saturated heterocycles. The number of allylic oxidation sites excluding steroid dienone is 2. The summed E-state index contributed by atoms with van der Waals surface area (Å²) in [5, 5.41) is 13.8. The van der Waals surface area contributed by atoms with Gasteiger partial charge in [0.15, 0.2) is 0 Å². The smallest absolute Gasteiger partial charge is 0.400 e. The lowest BCUT2D eigenvalue weighted by atomic mass is 9.76. The fourth-order valence-electron chi connectivity index (χ4n) is 4.59. The van der Waals surface area contributed by atoms with Gasteiger partial charge in [-0.1, -0.05) is 6.08 Å². The maximum atomic E-state index is 11.6. The lowest BCUT2D eigenvalue weighted by Crippen LogP contribution is -2.41. The van der Waals surface area contributed by atoms with Gasteiger partial charge in [-0.2, -0.15) is 0 Å². The van der Waals surface area contributed by atoms with Crippen molar-refractivity contribution in [2.45, 2.75) is 63.8 Å². The highest BCUT2D eigenvalue weighted by Crippen LogP contribution is 2.53. The van der Waals surface area contributed by atoms with Crippen molar-refractivity contribution in [1.29, 1.82) is 0 Å². The lowest BCUT2D eigenvalue weighted by Gasteiger charge is -2.32. The van der Waals surface area contributed by atoms with Gasteiger partial charge in [-0.05, 0) is 64.3 Å². The minimum atomic E-state index is -0.943. The van der Waals surface area contributed by atoms with Crippen molar-refractivity contribution in [2.75, 3.05) is 0 Å². The fraction of sp³-hybridized carbons (Fsp3) is 0.722. The summed E-state index contributed by atoms with van der Waals surface area (Å²) in [5.74, 6) is 0.660. The summed E-state index contributed by atoms with van der Waals surface area (Å²) in [4.78, 5) is 11.6. The average Bonchev–Trinajstić information content (AvgIpc) is 3.12. The van der Waals surface area contributed by atoms with Gasteiger partial charge in [0.25, 0.3) is 5.56 Å². The molecule has 7 heteroatoms. The number of fused-ring (bicyclic) bond motifs is 1. The topological polar surface area (TPSA) is 76.5 Å². The predicted molar refractivity (Wildman–Crippen MR) is 94.9 cm³/mol. The monoisotopic (exact) mass is 346 g/mol. The Kier molecular flexibility index (Phi) is 3.50. The van der Waals surface area contributed by atoms with E-state index in [9.17, 15) is 9.90 Å². The molecule has 3 aliphatic rings. The molecule has 1 aromatic heterocycles. The highest BCUT2D eigenvalue weighted by atomic mass is 16.7. The van der Waals surface area contributed by atoms with E-state index in [0.717, 1.165) is 6.42 Å². The molecule has 0 amide bonds. The molecule has 0 spiro atoms. The van der Waals surface area contributed by atoms with E-state index in [4.69, 9.17) is 9.31 Å². The van der Waals surface area contributed by atoms with Crippen LogP contribution in [0.2, 0.25) is 0 Å². The van der Waals surface area contributed by atoms with Crippen molar-refractivity contribution in [3.63, 3.8) is 0 Å². The molecule has 6 nitrogen and oxygen atoms in total. The summed E-state index contributed by atoms with van der Waals surface area (Å²) in [6, 6.07) is 1.51. The van der Waals surface area contributed by atoms with Gasteiger partial charge in [-0.15, -0.1) is 0 Å². The Morgan fingerprint density at radius 2 is 1.88 bits per heavy atom. The van der Waals surface area contributed by atoms with Crippen LogP contribution in [0.1, 0.15) is 52.7 Å². The highest BCUT2D eigenvalue weighted by Gasteiger charge is 2.55. The number of aromatic nitrogens is 2. The van der Waals surface area contributed by atoms with Crippen molar-refractivity contribution >= 4 is 7.12 Å². The van der Waals surface area contributed by atoms with E-state index in [1.54, 1.807) is 11.7 Å². The molecule has 3 atom stereocenters. The molecule has 0 aromatic carbocycles. The number of rotatable bonds is 2. The molecule has 2 aliphatic carbocycles. The zero-order valence-electron chi connectivity index (χ0n) is 15.6. The maximum absolute atomic E-state index is 11.6. The van der Waals surface area contributed by atoms with E-state index >= 15 is 0 Å². The van der Waals surface area contributed by atoms with Crippen molar-refractivity contribution in [3.05, 3.63) is 33.7 Å². The van der Waals surface area contributed by atoms with Gasteiger partial charge in [0, 0.05) is 13.1 Å². The molecule has 25 heavy (non-hydrogen) atoms. The third-order valence-corrected chi connectivity index (χ3v) is 6.64. The SMILES string of the molecule is Cn1[nH]c(=O)cc1[C@]1(O)C[C@H]2CC(B3OC(C)(C)C(C)(C)O3)=C[C@H]2C1. The van der Waals surface area contributed by atoms with Crippen LogP contribution in [0.3, 0.4) is 0 Å². The van der Waals surface area contributed by atoms with E-state index in [2.05, 4.69) is 38.9 Å². The van der Waals surface area contributed by atoms with Gasteiger partial charge in [0.1, 0.15) is 5.60 Å². The van der Waals surface area contributed by atoms with Crippen LogP contribution in [0, 0.1) is 11.8 Å². The minimum absolute atomic E-state index is 0.170. The third kappa shape index (κ3) is 2.55. The van der Waals surface area contributed by atoms with Crippen LogP contribution >= 0.6 is 0 Å². The van der Waals surface area contributed by atoms with Crippen LogP contribution in [-0.4, -0.2) is 33.2 Å². The highest BCUT2D eigenvalue weighted by molar-refractivity contribution is 6.54. The number of aliphatic hydroxyl groups is 1. The molecular formula is C18H27BN2O4.